The van der Waals surface area contributed by atoms with Gasteiger partial charge in [0.2, 0.25) is 5.91 Å². The first-order valence-electron chi connectivity index (χ1n) is 7.01. The number of ether oxygens (including phenoxy) is 1. The molecule has 1 aromatic carbocycles. The van der Waals surface area contributed by atoms with Crippen LogP contribution in [0.3, 0.4) is 0 Å². The number of rotatable bonds is 3. The van der Waals surface area contributed by atoms with Crippen LogP contribution in [-0.4, -0.2) is 37.0 Å². The second-order valence-electron chi connectivity index (χ2n) is 5.37. The van der Waals surface area contributed by atoms with Crippen molar-refractivity contribution >= 4 is 11.9 Å². The van der Waals surface area contributed by atoms with Crippen LogP contribution in [0.15, 0.2) is 24.3 Å². The number of piperidine rings is 1. The van der Waals surface area contributed by atoms with Gasteiger partial charge in [0.05, 0.1) is 19.4 Å². The van der Waals surface area contributed by atoms with Crippen LogP contribution in [0.25, 0.3) is 0 Å². The van der Waals surface area contributed by atoms with E-state index < -0.39 is 0 Å². The average molecular weight is 275 g/mol. The zero-order valence-corrected chi connectivity index (χ0v) is 12.1. The number of hydrogen-bond donors (Lipinski definition) is 0. The van der Waals surface area contributed by atoms with E-state index in [1.54, 1.807) is 4.90 Å². The van der Waals surface area contributed by atoms with Crippen LogP contribution in [0.1, 0.15) is 24.0 Å². The third-order valence-electron chi connectivity index (χ3n) is 3.75. The van der Waals surface area contributed by atoms with E-state index in [0.29, 0.717) is 13.0 Å². The molecule has 0 aromatic heterocycles. The summed E-state index contributed by atoms with van der Waals surface area (Å²) in [6, 6.07) is 7.97. The van der Waals surface area contributed by atoms with Gasteiger partial charge in [-0.05, 0) is 25.3 Å². The maximum atomic E-state index is 12.3. The van der Waals surface area contributed by atoms with Crippen molar-refractivity contribution in [3.63, 3.8) is 0 Å². The molecule has 1 amide bonds. The SMILES string of the molecule is COC(=O)[C@H]1CCCN(C(=O)Cc2cccc(C)c2)C1. The highest BCUT2D eigenvalue weighted by molar-refractivity contribution is 5.80. The smallest absolute Gasteiger partial charge is 0.310 e. The summed E-state index contributed by atoms with van der Waals surface area (Å²) in [6.45, 7) is 3.23. The first-order valence-corrected chi connectivity index (χ1v) is 7.01. The van der Waals surface area contributed by atoms with Crippen LogP contribution >= 0.6 is 0 Å². The van der Waals surface area contributed by atoms with E-state index in [4.69, 9.17) is 4.74 Å². The van der Waals surface area contributed by atoms with Crippen LogP contribution in [-0.2, 0) is 20.7 Å². The number of methoxy groups -OCH3 is 1. The summed E-state index contributed by atoms with van der Waals surface area (Å²) >= 11 is 0. The Morgan fingerprint density at radius 3 is 2.90 bits per heavy atom. The fourth-order valence-corrected chi connectivity index (χ4v) is 2.67. The number of aryl methyl sites for hydroxylation is 1. The first-order chi connectivity index (χ1) is 9.60. The van der Waals surface area contributed by atoms with Gasteiger partial charge in [0.15, 0.2) is 0 Å². The van der Waals surface area contributed by atoms with Gasteiger partial charge in [-0.2, -0.15) is 0 Å². The number of likely N-dealkylation sites (tertiary alicyclic amines) is 1. The van der Waals surface area contributed by atoms with Crippen LogP contribution in [0.2, 0.25) is 0 Å². The normalized spacial score (nSPS) is 18.7. The lowest BCUT2D eigenvalue weighted by Crippen LogP contribution is -2.43. The molecule has 1 atom stereocenters. The Morgan fingerprint density at radius 1 is 1.40 bits per heavy atom. The highest BCUT2D eigenvalue weighted by atomic mass is 16.5. The second kappa shape index (κ2) is 6.55. The maximum absolute atomic E-state index is 12.3. The number of hydrogen-bond acceptors (Lipinski definition) is 3. The largest absolute Gasteiger partial charge is 0.469 e. The molecule has 1 aliphatic heterocycles. The fourth-order valence-electron chi connectivity index (χ4n) is 2.67. The molecule has 108 valence electrons. The quantitative estimate of drug-likeness (QED) is 0.792. The lowest BCUT2D eigenvalue weighted by molar-refractivity contribution is -0.148. The van der Waals surface area contributed by atoms with E-state index in [1.807, 2.05) is 31.2 Å². The van der Waals surface area contributed by atoms with E-state index in [2.05, 4.69) is 0 Å². The Kier molecular flexibility index (Phi) is 4.77. The minimum absolute atomic E-state index is 0.0872. The molecule has 0 saturated carbocycles. The highest BCUT2D eigenvalue weighted by Crippen LogP contribution is 2.18. The molecule has 2 rings (SSSR count). The van der Waals surface area contributed by atoms with Gasteiger partial charge in [0.1, 0.15) is 0 Å². The molecule has 1 fully saturated rings. The predicted molar refractivity (Wildman–Crippen MR) is 76.2 cm³/mol. The Morgan fingerprint density at radius 2 is 2.20 bits per heavy atom. The maximum Gasteiger partial charge on any atom is 0.310 e. The molecule has 0 N–H and O–H groups in total. The lowest BCUT2D eigenvalue weighted by atomic mass is 9.97. The van der Waals surface area contributed by atoms with Gasteiger partial charge in [-0.3, -0.25) is 9.59 Å². The minimum atomic E-state index is -0.210. The van der Waals surface area contributed by atoms with Crippen LogP contribution in [0.5, 0.6) is 0 Å². The van der Waals surface area contributed by atoms with Crippen molar-refractivity contribution in [2.45, 2.75) is 26.2 Å². The lowest BCUT2D eigenvalue weighted by Gasteiger charge is -2.31. The third kappa shape index (κ3) is 3.59. The zero-order chi connectivity index (χ0) is 14.5. The van der Waals surface area contributed by atoms with Crippen molar-refractivity contribution in [3.05, 3.63) is 35.4 Å². The minimum Gasteiger partial charge on any atom is -0.469 e. The summed E-state index contributed by atoms with van der Waals surface area (Å²) in [6.07, 6.45) is 2.07. The van der Waals surface area contributed by atoms with E-state index in [0.717, 1.165) is 30.5 Å². The fraction of sp³-hybridized carbons (Fsp3) is 0.500. The molecule has 0 unspecified atom stereocenters. The van der Waals surface area contributed by atoms with Crippen molar-refractivity contribution in [2.75, 3.05) is 20.2 Å². The average Bonchev–Trinajstić information content (AvgIpc) is 2.46. The number of carbonyl (C=O) groups is 2. The summed E-state index contributed by atoms with van der Waals surface area (Å²) < 4.78 is 4.77. The molecule has 0 radical (unpaired) electrons. The third-order valence-corrected chi connectivity index (χ3v) is 3.75. The molecular formula is C16H21NO3. The van der Waals surface area contributed by atoms with Crippen molar-refractivity contribution in [1.82, 2.24) is 4.90 Å². The monoisotopic (exact) mass is 275 g/mol. The summed E-state index contributed by atoms with van der Waals surface area (Å²) in [7, 11) is 1.40. The number of carbonyl (C=O) groups excluding carboxylic acids is 2. The van der Waals surface area contributed by atoms with Gasteiger partial charge in [-0.1, -0.05) is 29.8 Å². The molecule has 4 nitrogen and oxygen atoms in total. The molecule has 0 spiro atoms. The number of amides is 1. The summed E-state index contributed by atoms with van der Waals surface area (Å²) in [5.74, 6) is -0.294. The standard InChI is InChI=1S/C16H21NO3/c1-12-5-3-6-13(9-12)10-15(18)17-8-4-7-14(11-17)16(19)20-2/h3,5-6,9,14H,4,7-8,10-11H2,1-2H3/t14-/m0/s1. The Balaban J connectivity index is 1.97. The molecule has 1 heterocycles. The molecular weight excluding hydrogens is 254 g/mol. The van der Waals surface area contributed by atoms with Gasteiger partial charge in [0, 0.05) is 13.1 Å². The molecule has 4 heteroatoms. The predicted octanol–water partition coefficient (Wildman–Crippen LogP) is 1.95. The van der Waals surface area contributed by atoms with Crippen molar-refractivity contribution in [3.8, 4) is 0 Å². The number of nitrogens with zero attached hydrogens (tertiary/aromatic N) is 1. The first kappa shape index (κ1) is 14.6. The Bertz CT molecular complexity index is 498. The Labute approximate surface area is 119 Å². The van der Waals surface area contributed by atoms with E-state index >= 15 is 0 Å². The topological polar surface area (TPSA) is 46.6 Å². The molecule has 20 heavy (non-hydrogen) atoms. The van der Waals surface area contributed by atoms with Crippen molar-refractivity contribution < 1.29 is 14.3 Å². The highest BCUT2D eigenvalue weighted by Gasteiger charge is 2.28. The summed E-state index contributed by atoms with van der Waals surface area (Å²) in [5, 5.41) is 0. The second-order valence-corrected chi connectivity index (χ2v) is 5.37. The molecule has 1 aromatic rings. The van der Waals surface area contributed by atoms with Gasteiger partial charge in [0.25, 0.3) is 0 Å². The molecule has 0 bridgehead atoms. The molecule has 0 aliphatic carbocycles. The van der Waals surface area contributed by atoms with Gasteiger partial charge in [-0.15, -0.1) is 0 Å². The van der Waals surface area contributed by atoms with Gasteiger partial charge < -0.3 is 9.64 Å². The van der Waals surface area contributed by atoms with Crippen molar-refractivity contribution in [1.29, 1.82) is 0 Å². The molecule has 1 saturated heterocycles. The van der Waals surface area contributed by atoms with Crippen LogP contribution in [0, 0.1) is 12.8 Å². The molecule has 1 aliphatic rings. The van der Waals surface area contributed by atoms with E-state index in [9.17, 15) is 9.59 Å². The Hall–Kier alpha value is -1.84. The van der Waals surface area contributed by atoms with E-state index in [-0.39, 0.29) is 17.8 Å². The van der Waals surface area contributed by atoms with Gasteiger partial charge >= 0.3 is 5.97 Å². The van der Waals surface area contributed by atoms with Gasteiger partial charge in [-0.25, -0.2) is 0 Å². The summed E-state index contributed by atoms with van der Waals surface area (Å²) in [5.41, 5.74) is 2.18. The van der Waals surface area contributed by atoms with E-state index in [1.165, 1.54) is 7.11 Å². The zero-order valence-electron chi connectivity index (χ0n) is 12.1. The summed E-state index contributed by atoms with van der Waals surface area (Å²) in [4.78, 5) is 25.7. The van der Waals surface area contributed by atoms with Crippen LogP contribution < -0.4 is 0 Å². The van der Waals surface area contributed by atoms with Crippen LogP contribution in [0.4, 0.5) is 0 Å². The number of benzene rings is 1. The number of esters is 1. The van der Waals surface area contributed by atoms with Crippen molar-refractivity contribution in [2.24, 2.45) is 5.92 Å².